The number of fused-ring (bicyclic) bond motifs is 3. The molecular weight excluding hydrogens is 246 g/mol. The van der Waals surface area contributed by atoms with Gasteiger partial charge in [0.05, 0.1) is 0 Å². The number of nitrogens with one attached hydrogen (secondary N) is 2. The molecule has 2 aromatic heterocycles. The van der Waals surface area contributed by atoms with E-state index in [0.717, 1.165) is 27.6 Å². The van der Waals surface area contributed by atoms with Gasteiger partial charge in [-0.1, -0.05) is 0 Å². The molecule has 0 fully saturated rings. The second-order valence-corrected chi connectivity index (χ2v) is 3.65. The van der Waals surface area contributed by atoms with E-state index >= 15 is 0 Å². The zero-order chi connectivity index (χ0) is 13.7. The van der Waals surface area contributed by atoms with Gasteiger partial charge >= 0.3 is 0 Å². The Balaban J connectivity index is 0.000000408. The first-order valence-electron chi connectivity index (χ1n) is 5.44. The Labute approximate surface area is 108 Å². The number of anilines is 1. The number of rotatable bonds is 2. The maximum Gasteiger partial charge on any atom is 0.290 e. The number of pyridine rings is 1. The molecule has 3 aromatic rings. The first-order valence-corrected chi connectivity index (χ1v) is 5.44. The predicted octanol–water partition coefficient (Wildman–Crippen LogP) is 1.99. The van der Waals surface area contributed by atoms with Crippen LogP contribution in [0.3, 0.4) is 0 Å². The zero-order valence-corrected chi connectivity index (χ0v) is 9.83. The lowest BCUT2D eigenvalue weighted by molar-refractivity contribution is -0.122. The van der Waals surface area contributed by atoms with Crippen molar-refractivity contribution in [3.8, 4) is 0 Å². The lowest BCUT2D eigenvalue weighted by Crippen LogP contribution is -1.92. The second-order valence-electron chi connectivity index (χ2n) is 3.65. The van der Waals surface area contributed by atoms with E-state index in [9.17, 15) is 4.79 Å². The van der Waals surface area contributed by atoms with E-state index in [1.165, 1.54) is 0 Å². The summed E-state index contributed by atoms with van der Waals surface area (Å²) in [6, 6.07) is 9.63. The molecule has 96 valence electrons. The lowest BCUT2D eigenvalue weighted by atomic mass is 10.2. The highest BCUT2D eigenvalue weighted by Gasteiger charge is 2.04. The Kier molecular flexibility index (Phi) is 3.72. The number of aromatic amines is 1. The van der Waals surface area contributed by atoms with Crippen LogP contribution >= 0.6 is 0 Å². The zero-order valence-electron chi connectivity index (χ0n) is 9.83. The van der Waals surface area contributed by atoms with Crippen molar-refractivity contribution in [3.63, 3.8) is 0 Å². The van der Waals surface area contributed by atoms with Crippen molar-refractivity contribution in [1.82, 2.24) is 9.97 Å². The summed E-state index contributed by atoms with van der Waals surface area (Å²) in [6.45, 7) is -0.250. The van der Waals surface area contributed by atoms with Gasteiger partial charge in [-0.15, -0.1) is 0 Å². The summed E-state index contributed by atoms with van der Waals surface area (Å²) in [6.07, 6.45) is 2.43. The quantitative estimate of drug-likeness (QED) is 0.612. The summed E-state index contributed by atoms with van der Waals surface area (Å²) >= 11 is 0. The number of hydrogen-bond acceptors (Lipinski definition) is 3. The van der Waals surface area contributed by atoms with Gasteiger partial charge in [0, 0.05) is 28.2 Å². The van der Waals surface area contributed by atoms with Crippen molar-refractivity contribution in [2.24, 2.45) is 0 Å². The van der Waals surface area contributed by atoms with Crippen molar-refractivity contribution < 1.29 is 14.7 Å². The van der Waals surface area contributed by atoms with Crippen molar-refractivity contribution in [3.05, 3.63) is 36.5 Å². The Hall–Kier alpha value is -2.89. The highest BCUT2D eigenvalue weighted by atomic mass is 16.3. The smallest absolute Gasteiger partial charge is 0.290 e. The first-order chi connectivity index (χ1) is 9.30. The molecule has 6 nitrogen and oxygen atoms in total. The van der Waals surface area contributed by atoms with Crippen LogP contribution in [-0.2, 0) is 9.59 Å². The number of H-pyrrole nitrogens is 1. The third-order valence-electron chi connectivity index (χ3n) is 2.60. The van der Waals surface area contributed by atoms with Gasteiger partial charge in [-0.25, -0.2) is 4.98 Å². The van der Waals surface area contributed by atoms with E-state index < -0.39 is 0 Å². The number of hydrogen-bond donors (Lipinski definition) is 3. The van der Waals surface area contributed by atoms with E-state index in [4.69, 9.17) is 9.90 Å². The Morgan fingerprint density at radius 2 is 2.00 bits per heavy atom. The molecule has 0 aliphatic carbocycles. The minimum absolute atomic E-state index is 0.250. The predicted molar refractivity (Wildman–Crippen MR) is 72.0 cm³/mol. The molecule has 2 heterocycles. The van der Waals surface area contributed by atoms with Crippen LogP contribution in [0.25, 0.3) is 21.9 Å². The minimum Gasteiger partial charge on any atom is -0.483 e. The molecule has 0 unspecified atom stereocenters. The van der Waals surface area contributed by atoms with Crippen molar-refractivity contribution in [2.45, 2.75) is 0 Å². The Morgan fingerprint density at radius 1 is 1.21 bits per heavy atom. The van der Waals surface area contributed by atoms with Gasteiger partial charge in [0.1, 0.15) is 5.65 Å². The van der Waals surface area contributed by atoms with E-state index in [1.54, 1.807) is 6.20 Å². The van der Waals surface area contributed by atoms with Crippen molar-refractivity contribution in [1.29, 1.82) is 0 Å². The van der Waals surface area contributed by atoms with Gasteiger partial charge in [0.15, 0.2) is 0 Å². The maximum atomic E-state index is 10.4. The van der Waals surface area contributed by atoms with Gasteiger partial charge in [0.2, 0.25) is 6.41 Å². The molecule has 0 bridgehead atoms. The van der Waals surface area contributed by atoms with E-state index in [2.05, 4.69) is 15.3 Å². The number of benzene rings is 1. The standard InChI is InChI=1S/C12H9N3O.CH2O2/c16-7-14-8-3-4-11-10(6-8)9-2-1-5-13-12(9)15-11;2-1-3/h1-7H,(H,13,15)(H,14,16);1H,(H,2,3). The fourth-order valence-corrected chi connectivity index (χ4v) is 1.88. The van der Waals surface area contributed by atoms with Gasteiger partial charge in [-0.3, -0.25) is 9.59 Å². The van der Waals surface area contributed by atoms with Crippen LogP contribution in [0, 0.1) is 0 Å². The van der Waals surface area contributed by atoms with Gasteiger partial charge in [0.25, 0.3) is 6.47 Å². The van der Waals surface area contributed by atoms with E-state index in [-0.39, 0.29) is 6.47 Å². The van der Waals surface area contributed by atoms with Crippen molar-refractivity contribution >= 4 is 40.5 Å². The topological polar surface area (TPSA) is 95.1 Å². The first kappa shape index (κ1) is 12.6. The Morgan fingerprint density at radius 3 is 2.74 bits per heavy atom. The molecule has 0 aliphatic heterocycles. The molecule has 0 spiro atoms. The number of aromatic nitrogens is 2. The normalized spacial score (nSPS) is 9.68. The molecule has 1 aromatic carbocycles. The summed E-state index contributed by atoms with van der Waals surface area (Å²) in [5.41, 5.74) is 2.66. The van der Waals surface area contributed by atoms with Crippen molar-refractivity contribution in [2.75, 3.05) is 5.32 Å². The summed E-state index contributed by atoms with van der Waals surface area (Å²) < 4.78 is 0. The molecule has 0 aliphatic rings. The van der Waals surface area contributed by atoms with Crippen LogP contribution in [-0.4, -0.2) is 28.0 Å². The van der Waals surface area contributed by atoms with Crippen LogP contribution in [0.4, 0.5) is 5.69 Å². The molecule has 6 heteroatoms. The highest BCUT2D eigenvalue weighted by molar-refractivity contribution is 6.07. The SMILES string of the molecule is O=CNc1ccc2[nH]c3ncccc3c2c1.O=CO. The minimum atomic E-state index is -0.250. The average Bonchev–Trinajstić information content (AvgIpc) is 2.78. The molecule has 3 N–H and O–H groups in total. The molecular formula is C13H11N3O3. The summed E-state index contributed by atoms with van der Waals surface area (Å²) in [5.74, 6) is 0. The molecule has 3 rings (SSSR count). The van der Waals surface area contributed by atoms with E-state index in [1.807, 2.05) is 30.3 Å². The fourth-order valence-electron chi connectivity index (χ4n) is 1.88. The number of carboxylic acid groups (broad SMARTS) is 1. The van der Waals surface area contributed by atoms with Crippen LogP contribution in [0.1, 0.15) is 0 Å². The van der Waals surface area contributed by atoms with E-state index in [0.29, 0.717) is 6.41 Å². The van der Waals surface area contributed by atoms with Crippen LogP contribution in [0.2, 0.25) is 0 Å². The number of carbonyl (C=O) groups excluding carboxylic acids is 1. The second kappa shape index (κ2) is 5.63. The van der Waals surface area contributed by atoms with Gasteiger partial charge in [-0.2, -0.15) is 0 Å². The molecule has 0 radical (unpaired) electrons. The Bertz CT molecular complexity index is 721. The fraction of sp³-hybridized carbons (Fsp3) is 0. The number of amides is 1. The third kappa shape index (κ3) is 2.52. The number of carbonyl (C=O) groups is 2. The highest BCUT2D eigenvalue weighted by Crippen LogP contribution is 2.26. The van der Waals surface area contributed by atoms with Gasteiger partial charge in [-0.05, 0) is 30.3 Å². The third-order valence-corrected chi connectivity index (χ3v) is 2.60. The molecule has 0 saturated carbocycles. The molecule has 0 saturated heterocycles. The molecule has 1 amide bonds. The van der Waals surface area contributed by atoms with Crippen LogP contribution in [0.5, 0.6) is 0 Å². The van der Waals surface area contributed by atoms with Gasteiger partial charge < -0.3 is 15.4 Å². The molecule has 19 heavy (non-hydrogen) atoms. The maximum absolute atomic E-state index is 10.4. The number of nitrogens with zero attached hydrogens (tertiary/aromatic N) is 1. The molecule has 0 atom stereocenters. The van der Waals surface area contributed by atoms with Crippen LogP contribution in [0.15, 0.2) is 36.5 Å². The summed E-state index contributed by atoms with van der Waals surface area (Å²) in [5, 5.41) is 11.7. The monoisotopic (exact) mass is 257 g/mol. The lowest BCUT2D eigenvalue weighted by Gasteiger charge is -1.97. The average molecular weight is 257 g/mol. The van der Waals surface area contributed by atoms with Crippen LogP contribution < -0.4 is 5.32 Å². The summed E-state index contributed by atoms with van der Waals surface area (Å²) in [7, 11) is 0. The largest absolute Gasteiger partial charge is 0.483 e. The summed E-state index contributed by atoms with van der Waals surface area (Å²) in [4.78, 5) is 26.2.